The van der Waals surface area contributed by atoms with Gasteiger partial charge in [-0.15, -0.1) is 0 Å². The fourth-order valence-electron chi connectivity index (χ4n) is 1.97. The van der Waals surface area contributed by atoms with E-state index in [2.05, 4.69) is 4.98 Å². The molecule has 92 valence electrons. The van der Waals surface area contributed by atoms with Gasteiger partial charge in [0.05, 0.1) is 5.69 Å². The van der Waals surface area contributed by atoms with Crippen molar-refractivity contribution >= 4 is 5.97 Å². The van der Waals surface area contributed by atoms with E-state index in [0.29, 0.717) is 19.3 Å². The third-order valence-corrected chi connectivity index (χ3v) is 3.15. The second-order valence-electron chi connectivity index (χ2n) is 4.15. The molecule has 1 aromatic heterocycles. The fraction of sp³-hybridized carbons (Fsp3) is 0.455. The van der Waals surface area contributed by atoms with Gasteiger partial charge in [0.1, 0.15) is 11.1 Å². The second-order valence-corrected chi connectivity index (χ2v) is 4.15. The summed E-state index contributed by atoms with van der Waals surface area (Å²) in [4.78, 5) is 14.6. The maximum absolute atomic E-state index is 12.5. The number of hydrogen-bond acceptors (Lipinski definition) is 2. The van der Waals surface area contributed by atoms with E-state index in [1.807, 2.05) is 0 Å². The molecule has 2 rings (SSSR count). The summed E-state index contributed by atoms with van der Waals surface area (Å²) in [6.07, 6.45) is -3.16. The first kappa shape index (κ1) is 11.9. The van der Waals surface area contributed by atoms with Crippen molar-refractivity contribution < 1.29 is 23.1 Å². The third-order valence-electron chi connectivity index (χ3n) is 3.15. The monoisotopic (exact) mass is 245 g/mol. The lowest BCUT2D eigenvalue weighted by Crippen LogP contribution is -2.43. The Morgan fingerprint density at radius 2 is 2.00 bits per heavy atom. The molecule has 1 N–H and O–H groups in total. The Morgan fingerprint density at radius 3 is 2.41 bits per heavy atom. The quantitative estimate of drug-likeness (QED) is 0.871. The Balaban J connectivity index is 2.43. The van der Waals surface area contributed by atoms with Gasteiger partial charge >= 0.3 is 12.1 Å². The predicted molar refractivity (Wildman–Crippen MR) is 52.4 cm³/mol. The van der Waals surface area contributed by atoms with E-state index in [-0.39, 0.29) is 5.69 Å². The largest absolute Gasteiger partial charge is 0.481 e. The molecule has 1 aromatic rings. The molecule has 1 heterocycles. The van der Waals surface area contributed by atoms with Crippen LogP contribution in [-0.4, -0.2) is 16.1 Å². The second kappa shape index (κ2) is 3.72. The van der Waals surface area contributed by atoms with Crippen LogP contribution in [0.25, 0.3) is 0 Å². The highest BCUT2D eigenvalue weighted by Crippen LogP contribution is 2.43. The molecular weight excluding hydrogens is 235 g/mol. The van der Waals surface area contributed by atoms with Gasteiger partial charge in [-0.1, -0.05) is 12.5 Å². The lowest BCUT2D eigenvalue weighted by molar-refractivity contribution is -0.149. The molecule has 0 spiro atoms. The average Bonchev–Trinajstić information content (AvgIpc) is 2.14. The lowest BCUT2D eigenvalue weighted by atomic mass is 9.66. The summed E-state index contributed by atoms with van der Waals surface area (Å²) in [5.41, 5.74) is -2.25. The minimum atomic E-state index is -4.54. The number of aromatic nitrogens is 1. The molecule has 0 amide bonds. The van der Waals surface area contributed by atoms with Crippen molar-refractivity contribution in [2.75, 3.05) is 0 Å². The first-order valence-corrected chi connectivity index (χ1v) is 5.14. The number of pyridine rings is 1. The van der Waals surface area contributed by atoms with E-state index in [1.165, 1.54) is 12.1 Å². The molecule has 1 aliphatic rings. The summed E-state index contributed by atoms with van der Waals surface area (Å²) in [5, 5.41) is 9.11. The predicted octanol–water partition coefficient (Wildman–Crippen LogP) is 2.61. The number of alkyl halides is 3. The van der Waals surface area contributed by atoms with Crippen molar-refractivity contribution in [1.29, 1.82) is 0 Å². The highest BCUT2D eigenvalue weighted by atomic mass is 19.4. The van der Waals surface area contributed by atoms with E-state index in [0.717, 1.165) is 6.07 Å². The molecule has 0 unspecified atom stereocenters. The molecule has 0 bridgehead atoms. The van der Waals surface area contributed by atoms with Gasteiger partial charge in [-0.3, -0.25) is 4.79 Å². The van der Waals surface area contributed by atoms with E-state index in [4.69, 9.17) is 5.11 Å². The smallest absolute Gasteiger partial charge is 0.433 e. The third kappa shape index (κ3) is 1.87. The van der Waals surface area contributed by atoms with Crippen molar-refractivity contribution in [2.45, 2.75) is 30.9 Å². The van der Waals surface area contributed by atoms with Crippen molar-refractivity contribution in [3.63, 3.8) is 0 Å². The average molecular weight is 245 g/mol. The maximum Gasteiger partial charge on any atom is 0.433 e. The van der Waals surface area contributed by atoms with Crippen molar-refractivity contribution in [1.82, 2.24) is 4.98 Å². The number of hydrogen-bond donors (Lipinski definition) is 1. The maximum atomic E-state index is 12.5. The zero-order chi connectivity index (χ0) is 12.7. The fourth-order valence-corrected chi connectivity index (χ4v) is 1.97. The normalized spacial score (nSPS) is 18.5. The number of aliphatic carboxylic acids is 1. The van der Waals surface area contributed by atoms with Crippen LogP contribution >= 0.6 is 0 Å². The van der Waals surface area contributed by atoms with Gasteiger partial charge < -0.3 is 5.11 Å². The van der Waals surface area contributed by atoms with E-state index >= 15 is 0 Å². The molecule has 6 heteroatoms. The van der Waals surface area contributed by atoms with Crippen LogP contribution < -0.4 is 0 Å². The van der Waals surface area contributed by atoms with Gasteiger partial charge in [0.25, 0.3) is 0 Å². The summed E-state index contributed by atoms with van der Waals surface area (Å²) in [6, 6.07) is 3.40. The lowest BCUT2D eigenvalue weighted by Gasteiger charge is -2.37. The van der Waals surface area contributed by atoms with Crippen LogP contribution in [0.1, 0.15) is 30.7 Å². The molecule has 17 heavy (non-hydrogen) atoms. The highest BCUT2D eigenvalue weighted by Gasteiger charge is 2.48. The summed E-state index contributed by atoms with van der Waals surface area (Å²) < 4.78 is 37.4. The van der Waals surface area contributed by atoms with Crippen LogP contribution in [0.15, 0.2) is 18.2 Å². The number of rotatable bonds is 2. The Kier molecular flexibility index (Phi) is 2.60. The van der Waals surface area contributed by atoms with E-state index in [9.17, 15) is 18.0 Å². The van der Waals surface area contributed by atoms with Crippen LogP contribution in [0, 0.1) is 0 Å². The first-order chi connectivity index (χ1) is 7.86. The number of nitrogens with zero attached hydrogens (tertiary/aromatic N) is 1. The van der Waals surface area contributed by atoms with E-state index in [1.54, 1.807) is 0 Å². The van der Waals surface area contributed by atoms with Gasteiger partial charge in [-0.05, 0) is 25.0 Å². The minimum absolute atomic E-state index is 0.00563. The van der Waals surface area contributed by atoms with Gasteiger partial charge in [-0.25, -0.2) is 4.98 Å². The molecular formula is C11H10F3NO2. The van der Waals surface area contributed by atoms with Crippen LogP contribution in [0.5, 0.6) is 0 Å². The summed E-state index contributed by atoms with van der Waals surface area (Å²) in [6.45, 7) is 0. The van der Waals surface area contributed by atoms with Crippen molar-refractivity contribution in [3.05, 3.63) is 29.6 Å². The number of carbonyl (C=O) groups is 1. The van der Waals surface area contributed by atoms with Crippen LogP contribution in [-0.2, 0) is 16.4 Å². The Labute approximate surface area is 95.3 Å². The molecule has 1 saturated carbocycles. The van der Waals surface area contributed by atoms with Gasteiger partial charge in [0, 0.05) is 0 Å². The SMILES string of the molecule is O=C(O)C1(c2cccc(C(F)(F)F)n2)CCC1. The number of carboxylic acids is 1. The molecule has 0 saturated heterocycles. The molecule has 0 aliphatic heterocycles. The molecule has 0 aromatic carbocycles. The van der Waals surface area contributed by atoms with Crippen molar-refractivity contribution in [2.24, 2.45) is 0 Å². The summed E-state index contributed by atoms with van der Waals surface area (Å²) in [5.74, 6) is -1.10. The van der Waals surface area contributed by atoms with Gasteiger partial charge in [-0.2, -0.15) is 13.2 Å². The molecule has 1 fully saturated rings. The topological polar surface area (TPSA) is 50.2 Å². The van der Waals surface area contributed by atoms with Crippen LogP contribution in [0.3, 0.4) is 0 Å². The van der Waals surface area contributed by atoms with Crippen molar-refractivity contribution in [3.8, 4) is 0 Å². The zero-order valence-electron chi connectivity index (χ0n) is 8.79. The molecule has 1 aliphatic carbocycles. The zero-order valence-corrected chi connectivity index (χ0v) is 8.79. The summed E-state index contributed by atoms with van der Waals surface area (Å²) in [7, 11) is 0. The molecule has 0 atom stereocenters. The summed E-state index contributed by atoms with van der Waals surface area (Å²) >= 11 is 0. The minimum Gasteiger partial charge on any atom is -0.481 e. The Hall–Kier alpha value is -1.59. The van der Waals surface area contributed by atoms with Gasteiger partial charge in [0.2, 0.25) is 0 Å². The van der Waals surface area contributed by atoms with Gasteiger partial charge in [0.15, 0.2) is 0 Å². The Bertz CT molecular complexity index is 452. The molecule has 0 radical (unpaired) electrons. The van der Waals surface area contributed by atoms with E-state index < -0.39 is 23.3 Å². The standard InChI is InChI=1S/C11H10F3NO2/c12-11(13,14)8-4-1-3-7(15-8)10(9(16)17)5-2-6-10/h1,3-4H,2,5-6H2,(H,16,17). The highest BCUT2D eigenvalue weighted by molar-refractivity contribution is 5.81. The van der Waals surface area contributed by atoms with Crippen LogP contribution in [0.4, 0.5) is 13.2 Å². The Morgan fingerprint density at radius 1 is 1.35 bits per heavy atom. The number of halogens is 3. The first-order valence-electron chi connectivity index (χ1n) is 5.14. The number of carboxylic acid groups (broad SMARTS) is 1. The molecule has 3 nitrogen and oxygen atoms in total. The van der Waals surface area contributed by atoms with Crippen LogP contribution in [0.2, 0.25) is 0 Å².